The van der Waals surface area contributed by atoms with Crippen molar-refractivity contribution < 1.29 is 18.0 Å². The maximum Gasteiger partial charge on any atom is 0.418 e. The van der Waals surface area contributed by atoms with Gasteiger partial charge in [-0.1, -0.05) is 12.1 Å². The number of rotatable bonds is 4. The number of anilines is 2. The predicted molar refractivity (Wildman–Crippen MR) is 103 cm³/mol. The first-order chi connectivity index (χ1) is 13.7. The van der Waals surface area contributed by atoms with Crippen LogP contribution in [0, 0.1) is 5.92 Å². The second-order valence-corrected chi connectivity index (χ2v) is 6.97. The highest BCUT2D eigenvalue weighted by Gasteiger charge is 2.33. The zero-order valence-electron chi connectivity index (χ0n) is 15.9. The summed E-state index contributed by atoms with van der Waals surface area (Å²) in [4.78, 5) is 25.3. The Hall–Kier alpha value is -3.04. The van der Waals surface area contributed by atoms with Crippen LogP contribution in [0.2, 0.25) is 0 Å². The highest BCUT2D eigenvalue weighted by Crippen LogP contribution is 2.34. The van der Waals surface area contributed by atoms with Gasteiger partial charge in [-0.2, -0.15) is 18.3 Å². The molecule has 0 atom stereocenters. The molecule has 2 amide bonds. The molecule has 156 valence electrons. The molecule has 2 heterocycles. The van der Waals surface area contributed by atoms with E-state index >= 15 is 0 Å². The number of urea groups is 1. The summed E-state index contributed by atoms with van der Waals surface area (Å²) >= 11 is 0. The van der Waals surface area contributed by atoms with Gasteiger partial charge in [-0.25, -0.2) is 9.48 Å². The van der Waals surface area contributed by atoms with Crippen LogP contribution in [0.5, 0.6) is 0 Å². The van der Waals surface area contributed by atoms with E-state index in [2.05, 4.69) is 15.7 Å². The fraction of sp³-hybridized carbons (Fsp3) is 0.421. The van der Waals surface area contributed by atoms with Crippen molar-refractivity contribution in [1.82, 2.24) is 14.7 Å². The van der Waals surface area contributed by atoms with Crippen LogP contribution in [-0.4, -0.2) is 40.3 Å². The highest BCUT2D eigenvalue weighted by molar-refractivity contribution is 5.88. The van der Waals surface area contributed by atoms with Crippen LogP contribution in [0.4, 0.5) is 29.5 Å². The zero-order chi connectivity index (χ0) is 21.0. The normalized spacial score (nSPS) is 15.2. The van der Waals surface area contributed by atoms with Gasteiger partial charge in [0.25, 0.3) is 5.56 Å². The molecular weight excluding hydrogens is 387 g/mol. The lowest BCUT2D eigenvalue weighted by atomic mass is 9.96. The molecule has 0 spiro atoms. The fourth-order valence-corrected chi connectivity index (χ4v) is 3.24. The van der Waals surface area contributed by atoms with Gasteiger partial charge in [0.2, 0.25) is 0 Å². The zero-order valence-corrected chi connectivity index (χ0v) is 15.9. The molecule has 2 N–H and O–H groups in total. The molecule has 0 bridgehead atoms. The summed E-state index contributed by atoms with van der Waals surface area (Å²) in [5, 5.41) is 9.51. The Balaban J connectivity index is 1.50. The van der Waals surface area contributed by atoms with Gasteiger partial charge in [-0.05, 0) is 37.0 Å². The van der Waals surface area contributed by atoms with Crippen LogP contribution < -0.4 is 16.2 Å². The number of likely N-dealkylation sites (tertiary alicyclic amines) is 1. The molecule has 2 aromatic rings. The highest BCUT2D eigenvalue weighted by atomic mass is 19.4. The number of hydrogen-bond donors (Lipinski definition) is 2. The number of aromatic nitrogens is 2. The van der Waals surface area contributed by atoms with Crippen LogP contribution in [0.25, 0.3) is 0 Å². The third-order valence-corrected chi connectivity index (χ3v) is 4.91. The van der Waals surface area contributed by atoms with Crippen molar-refractivity contribution in [2.45, 2.75) is 19.0 Å². The van der Waals surface area contributed by atoms with E-state index in [1.54, 1.807) is 11.0 Å². The van der Waals surface area contributed by atoms with E-state index in [1.807, 2.05) is 0 Å². The minimum atomic E-state index is -4.40. The van der Waals surface area contributed by atoms with Crippen molar-refractivity contribution in [3.8, 4) is 0 Å². The Morgan fingerprint density at radius 3 is 2.52 bits per heavy atom. The maximum atomic E-state index is 13.1. The fourth-order valence-electron chi connectivity index (χ4n) is 3.24. The van der Waals surface area contributed by atoms with Crippen molar-refractivity contribution in [2.75, 3.05) is 30.3 Å². The van der Waals surface area contributed by atoms with Crippen LogP contribution >= 0.6 is 0 Å². The second kappa shape index (κ2) is 8.54. The Morgan fingerprint density at radius 2 is 1.86 bits per heavy atom. The van der Waals surface area contributed by atoms with E-state index in [-0.39, 0.29) is 29.0 Å². The van der Waals surface area contributed by atoms with Gasteiger partial charge < -0.3 is 10.2 Å². The summed E-state index contributed by atoms with van der Waals surface area (Å²) in [6.07, 6.45) is -3.05. The number of nitrogens with one attached hydrogen (secondary N) is 2. The molecule has 1 fully saturated rings. The molecule has 1 aliphatic heterocycles. The van der Waals surface area contributed by atoms with Crippen molar-refractivity contribution in [3.63, 3.8) is 0 Å². The van der Waals surface area contributed by atoms with Gasteiger partial charge in [0.05, 0.1) is 5.56 Å². The first kappa shape index (κ1) is 20.7. The predicted octanol–water partition coefficient (Wildman–Crippen LogP) is 3.16. The minimum absolute atomic E-state index is 0.0703. The van der Waals surface area contributed by atoms with E-state index in [0.717, 1.165) is 10.7 Å². The number of carbonyl (C=O) groups is 1. The van der Waals surface area contributed by atoms with E-state index in [9.17, 15) is 22.8 Å². The van der Waals surface area contributed by atoms with Crippen LogP contribution in [0.1, 0.15) is 18.4 Å². The van der Waals surface area contributed by atoms with Gasteiger partial charge in [0.15, 0.2) is 5.82 Å². The Kier molecular flexibility index (Phi) is 6.09. The van der Waals surface area contributed by atoms with Gasteiger partial charge >= 0.3 is 12.2 Å². The van der Waals surface area contributed by atoms with Gasteiger partial charge in [-0.15, -0.1) is 0 Å². The number of hydrogen-bond acceptors (Lipinski definition) is 4. The summed E-state index contributed by atoms with van der Waals surface area (Å²) in [7, 11) is 1.49. The third-order valence-electron chi connectivity index (χ3n) is 4.91. The van der Waals surface area contributed by atoms with Gasteiger partial charge in [-0.3, -0.25) is 10.1 Å². The van der Waals surface area contributed by atoms with E-state index in [1.165, 1.54) is 31.3 Å². The number of carbonyl (C=O) groups excluding carboxylic acids is 1. The first-order valence-electron chi connectivity index (χ1n) is 9.24. The molecule has 0 aliphatic carbocycles. The number of para-hydroxylation sites is 1. The third kappa shape index (κ3) is 5.27. The number of alkyl halides is 3. The smallest absolute Gasteiger partial charge is 0.384 e. The Labute approximate surface area is 165 Å². The summed E-state index contributed by atoms with van der Waals surface area (Å²) in [6.45, 7) is 1.39. The van der Waals surface area contributed by atoms with Crippen molar-refractivity contribution in [2.24, 2.45) is 13.0 Å². The molecule has 3 rings (SSSR count). The SMILES string of the molecule is Cn1nc(NC(=O)N2CCC(CNc3ccccc3C(F)(F)F)CC2)ccc1=O. The van der Waals surface area contributed by atoms with Crippen molar-refractivity contribution in [1.29, 1.82) is 0 Å². The number of benzene rings is 1. The van der Waals surface area contributed by atoms with Crippen LogP contribution in [0.15, 0.2) is 41.2 Å². The first-order valence-corrected chi connectivity index (χ1v) is 9.24. The topological polar surface area (TPSA) is 79.3 Å². The largest absolute Gasteiger partial charge is 0.418 e. The molecule has 1 aliphatic rings. The lowest BCUT2D eigenvalue weighted by Gasteiger charge is -2.32. The molecule has 29 heavy (non-hydrogen) atoms. The minimum Gasteiger partial charge on any atom is -0.384 e. The van der Waals surface area contributed by atoms with Gasteiger partial charge in [0, 0.05) is 38.4 Å². The molecule has 10 heteroatoms. The van der Waals surface area contributed by atoms with E-state index in [0.29, 0.717) is 32.5 Å². The van der Waals surface area contributed by atoms with E-state index in [4.69, 9.17) is 0 Å². The van der Waals surface area contributed by atoms with Crippen molar-refractivity contribution in [3.05, 3.63) is 52.3 Å². The molecule has 7 nitrogen and oxygen atoms in total. The monoisotopic (exact) mass is 409 g/mol. The molecule has 1 aromatic heterocycles. The number of piperidine rings is 1. The Morgan fingerprint density at radius 1 is 1.17 bits per heavy atom. The molecular formula is C19H22F3N5O2. The van der Waals surface area contributed by atoms with E-state index < -0.39 is 11.7 Å². The second-order valence-electron chi connectivity index (χ2n) is 6.97. The lowest BCUT2D eigenvalue weighted by molar-refractivity contribution is -0.137. The number of nitrogens with zero attached hydrogens (tertiary/aromatic N) is 3. The van der Waals surface area contributed by atoms with Gasteiger partial charge in [0.1, 0.15) is 0 Å². The Bertz CT molecular complexity index is 921. The van der Waals surface area contributed by atoms with Crippen molar-refractivity contribution >= 4 is 17.5 Å². The average molecular weight is 409 g/mol. The molecule has 0 radical (unpaired) electrons. The summed E-state index contributed by atoms with van der Waals surface area (Å²) in [6, 6.07) is 7.86. The summed E-state index contributed by atoms with van der Waals surface area (Å²) in [5.74, 6) is 0.445. The molecule has 0 unspecified atom stereocenters. The molecule has 0 saturated carbocycles. The summed E-state index contributed by atoms with van der Waals surface area (Å²) in [5.41, 5.74) is -0.883. The standard InChI is InChI=1S/C19H22F3N5O2/c1-26-17(28)7-6-16(25-26)24-18(29)27-10-8-13(9-11-27)12-23-15-5-3-2-4-14(15)19(20,21)22/h2-7,13,23H,8-12H2,1H3,(H,24,25,29). The van der Waals surface area contributed by atoms with Crippen LogP contribution in [0.3, 0.4) is 0 Å². The molecule has 1 aromatic carbocycles. The maximum absolute atomic E-state index is 13.1. The quantitative estimate of drug-likeness (QED) is 0.813. The lowest BCUT2D eigenvalue weighted by Crippen LogP contribution is -2.42. The number of halogens is 3. The molecule has 1 saturated heterocycles. The number of aryl methyl sites for hydroxylation is 1. The number of amides is 2. The summed E-state index contributed by atoms with van der Waals surface area (Å²) < 4.78 is 40.3. The average Bonchev–Trinajstić information content (AvgIpc) is 2.69. The van der Waals surface area contributed by atoms with Crippen LogP contribution in [-0.2, 0) is 13.2 Å².